The summed E-state index contributed by atoms with van der Waals surface area (Å²) in [7, 11) is 0. The maximum Gasteiger partial charge on any atom is 0.290 e. The first kappa shape index (κ1) is 16.9. The number of carbonyl (C=O) groups excluding carboxylic acids is 1. The number of fused-ring (bicyclic) bond motifs is 2. The van der Waals surface area contributed by atoms with Gasteiger partial charge in [0.15, 0.2) is 5.76 Å². The lowest BCUT2D eigenvalue weighted by Crippen LogP contribution is -2.45. The molecule has 0 bridgehead atoms. The lowest BCUT2D eigenvalue weighted by Gasteiger charge is -2.34. The van der Waals surface area contributed by atoms with Crippen LogP contribution in [0.3, 0.4) is 0 Å². The third kappa shape index (κ3) is 2.73. The molecule has 4 nitrogen and oxygen atoms in total. The lowest BCUT2D eigenvalue weighted by atomic mass is 9.82. The molecule has 1 N–H and O–H groups in total. The van der Waals surface area contributed by atoms with Crippen molar-refractivity contribution < 1.29 is 14.3 Å². The Hall–Kier alpha value is -2.51. The van der Waals surface area contributed by atoms with Gasteiger partial charge in [-0.25, -0.2) is 0 Å². The number of aryl methyl sites for hydroxylation is 1. The van der Waals surface area contributed by atoms with Gasteiger partial charge < -0.3 is 14.4 Å². The molecule has 5 rings (SSSR count). The zero-order valence-electron chi connectivity index (χ0n) is 14.9. The van der Waals surface area contributed by atoms with Crippen molar-refractivity contribution in [2.45, 2.75) is 50.8 Å². The highest BCUT2D eigenvalue weighted by atomic mass is 16.3. The molecule has 1 saturated carbocycles. The van der Waals surface area contributed by atoms with Crippen molar-refractivity contribution in [2.75, 3.05) is 0 Å². The topological polar surface area (TPSA) is 53.7 Å². The number of terminal acetylenes is 1. The molecule has 4 aliphatic rings. The van der Waals surface area contributed by atoms with Crippen molar-refractivity contribution in [1.82, 2.24) is 4.90 Å². The highest BCUT2D eigenvalue weighted by Crippen LogP contribution is 2.40. The van der Waals surface area contributed by atoms with Gasteiger partial charge >= 0.3 is 0 Å². The molecule has 1 aliphatic heterocycles. The predicted octanol–water partition coefficient (Wildman–Crippen LogP) is 3.63. The molecule has 4 unspecified atom stereocenters. The highest BCUT2D eigenvalue weighted by molar-refractivity contribution is 5.92. The van der Waals surface area contributed by atoms with Crippen molar-refractivity contribution in [3.63, 3.8) is 0 Å². The fourth-order valence-electron chi connectivity index (χ4n) is 4.43. The minimum Gasteiger partial charge on any atom is -0.459 e. The summed E-state index contributed by atoms with van der Waals surface area (Å²) in [5.41, 5.74) is 4.36. The molecule has 1 aromatic rings. The predicted molar refractivity (Wildman–Crippen MR) is 99.4 cm³/mol. The molecular weight excluding hydrogens is 326 g/mol. The van der Waals surface area contributed by atoms with Crippen LogP contribution in [-0.2, 0) is 0 Å². The van der Waals surface area contributed by atoms with Crippen LogP contribution in [0.2, 0.25) is 0 Å². The van der Waals surface area contributed by atoms with E-state index >= 15 is 0 Å². The van der Waals surface area contributed by atoms with Crippen LogP contribution in [0.4, 0.5) is 0 Å². The first-order valence-corrected chi connectivity index (χ1v) is 9.21. The Morgan fingerprint density at radius 1 is 1.35 bits per heavy atom. The van der Waals surface area contributed by atoms with E-state index in [4.69, 9.17) is 10.8 Å². The number of carbonyl (C=O) groups is 1. The molecule has 1 saturated heterocycles. The Morgan fingerprint density at radius 3 is 2.69 bits per heavy atom. The van der Waals surface area contributed by atoms with E-state index < -0.39 is 0 Å². The third-order valence-electron chi connectivity index (χ3n) is 5.87. The van der Waals surface area contributed by atoms with Crippen LogP contribution in [0.1, 0.15) is 41.8 Å². The summed E-state index contributed by atoms with van der Waals surface area (Å²) < 4.78 is 5.18. The number of hydrogen-bond donors (Lipinski definition) is 1. The number of hydrogen-bond acceptors (Lipinski definition) is 3. The fourth-order valence-corrected chi connectivity index (χ4v) is 4.43. The molecular formula is C22H23NO3. The van der Waals surface area contributed by atoms with Crippen molar-refractivity contribution in [1.29, 1.82) is 0 Å². The Balaban J connectivity index is 0.000000198. The van der Waals surface area contributed by atoms with Crippen molar-refractivity contribution >= 4 is 5.91 Å². The van der Waals surface area contributed by atoms with Gasteiger partial charge in [-0.1, -0.05) is 24.1 Å². The monoisotopic (exact) mass is 349 g/mol. The second-order valence-electron chi connectivity index (χ2n) is 7.37. The first-order chi connectivity index (χ1) is 12.6. The van der Waals surface area contributed by atoms with Gasteiger partial charge in [0.25, 0.3) is 5.91 Å². The zero-order chi connectivity index (χ0) is 18.3. The number of aliphatic hydroxyl groups excluding tert-OH is 1. The van der Waals surface area contributed by atoms with Crippen molar-refractivity contribution in [3.05, 3.63) is 47.9 Å². The number of rotatable bonds is 1. The van der Waals surface area contributed by atoms with Crippen LogP contribution in [0.5, 0.6) is 0 Å². The number of furan rings is 1. The molecule has 1 amide bonds. The number of amides is 1. The molecule has 0 aromatic carbocycles. The zero-order valence-corrected chi connectivity index (χ0v) is 14.9. The van der Waals surface area contributed by atoms with E-state index in [0.29, 0.717) is 12.2 Å². The van der Waals surface area contributed by atoms with E-state index in [1.807, 2.05) is 0 Å². The summed E-state index contributed by atoms with van der Waals surface area (Å²) >= 11 is 0. The molecule has 3 aliphatic carbocycles. The first-order valence-electron chi connectivity index (χ1n) is 9.21. The van der Waals surface area contributed by atoms with Gasteiger partial charge in [0.2, 0.25) is 0 Å². The Kier molecular flexibility index (Phi) is 4.34. The summed E-state index contributed by atoms with van der Waals surface area (Å²) in [5, 5.41) is 10.1. The van der Waals surface area contributed by atoms with Gasteiger partial charge in [0.05, 0.1) is 18.4 Å². The molecule has 134 valence electrons. The normalized spacial score (nSPS) is 27.8. The molecule has 26 heavy (non-hydrogen) atoms. The average Bonchev–Trinajstić information content (AvgIpc) is 3.27. The van der Waals surface area contributed by atoms with Gasteiger partial charge in [0.1, 0.15) is 0 Å². The molecule has 2 heterocycles. The average molecular weight is 349 g/mol. The van der Waals surface area contributed by atoms with Crippen LogP contribution < -0.4 is 0 Å². The standard InChI is InChI=1S/C15H17NO3.C7H6/c1-2-10-9-11-12(5-3-6-13(11)17)16(10)15(18)14-7-4-8-19-14;1-5-4-6-2-3-7(5)6/h1,4,7-8,10-13,17H,3,5-6,9H2;2-4H,1H3. The largest absolute Gasteiger partial charge is 0.459 e. The molecule has 4 atom stereocenters. The molecule has 2 fully saturated rings. The number of nitrogens with zero attached hydrogens (tertiary/aromatic N) is 1. The van der Waals surface area contributed by atoms with Crippen molar-refractivity contribution in [2.24, 2.45) is 5.92 Å². The minimum atomic E-state index is -0.344. The number of likely N-dealkylation sites (tertiary alicyclic amines) is 1. The van der Waals surface area contributed by atoms with Gasteiger partial charge in [-0.2, -0.15) is 0 Å². The summed E-state index contributed by atoms with van der Waals surface area (Å²) in [5.74, 6) is 2.95. The molecule has 4 heteroatoms. The van der Waals surface area contributed by atoms with E-state index in [2.05, 4.69) is 31.0 Å². The van der Waals surface area contributed by atoms with Crippen LogP contribution in [0.15, 0.2) is 41.0 Å². The van der Waals surface area contributed by atoms with E-state index in [0.717, 1.165) is 19.3 Å². The summed E-state index contributed by atoms with van der Waals surface area (Å²) in [4.78, 5) is 14.2. The summed E-state index contributed by atoms with van der Waals surface area (Å²) in [6.07, 6.45) is 10.0. The van der Waals surface area contributed by atoms with E-state index in [9.17, 15) is 9.90 Å². The summed E-state index contributed by atoms with van der Waals surface area (Å²) in [6.45, 7) is 2.14. The van der Waals surface area contributed by atoms with Gasteiger partial charge in [-0.15, -0.1) is 6.42 Å². The minimum absolute atomic E-state index is 0.0439. The van der Waals surface area contributed by atoms with Crippen LogP contribution in [0.25, 0.3) is 11.1 Å². The Morgan fingerprint density at radius 2 is 2.19 bits per heavy atom. The van der Waals surface area contributed by atoms with E-state index in [1.54, 1.807) is 17.0 Å². The SMILES string of the molecule is C#CC1CC2C(O)CCCC2N1C(=O)c1ccco1.Cc1cc2ccc1-2. The van der Waals surface area contributed by atoms with Crippen molar-refractivity contribution in [3.8, 4) is 23.5 Å². The van der Waals surface area contributed by atoms with Gasteiger partial charge in [-0.05, 0) is 61.4 Å². The number of benzene rings is 1. The van der Waals surface area contributed by atoms with Crippen LogP contribution in [0, 0.1) is 25.2 Å². The lowest BCUT2D eigenvalue weighted by molar-refractivity contribution is 0.0340. The maximum absolute atomic E-state index is 12.5. The maximum atomic E-state index is 12.5. The fraction of sp³-hybridized carbons (Fsp3) is 0.409. The smallest absolute Gasteiger partial charge is 0.290 e. The highest BCUT2D eigenvalue weighted by Gasteiger charge is 2.47. The van der Waals surface area contributed by atoms with Crippen LogP contribution in [-0.4, -0.2) is 34.1 Å². The van der Waals surface area contributed by atoms with E-state index in [1.165, 1.54) is 23.0 Å². The van der Waals surface area contributed by atoms with Crippen LogP contribution >= 0.6 is 0 Å². The number of aliphatic hydroxyl groups is 1. The second-order valence-corrected chi connectivity index (χ2v) is 7.37. The third-order valence-corrected chi connectivity index (χ3v) is 5.87. The van der Waals surface area contributed by atoms with E-state index in [-0.39, 0.29) is 30.0 Å². The van der Waals surface area contributed by atoms with Gasteiger partial charge in [-0.3, -0.25) is 4.79 Å². The quantitative estimate of drug-likeness (QED) is 0.683. The summed E-state index contributed by atoms with van der Waals surface area (Å²) in [6, 6.07) is 9.66. The Labute approximate surface area is 153 Å². The molecule has 0 spiro atoms. The second kappa shape index (κ2) is 6.66. The Bertz CT molecular complexity index is 849. The van der Waals surface area contributed by atoms with Gasteiger partial charge in [0, 0.05) is 12.0 Å². The molecule has 1 aromatic heterocycles. The molecule has 0 radical (unpaired) electrons.